The maximum absolute atomic E-state index is 12.7. The Hall–Kier alpha value is -3.04. The Balaban J connectivity index is 1.37. The molecule has 0 atom stereocenters. The molecule has 2 aromatic heterocycles. The van der Waals surface area contributed by atoms with E-state index < -0.39 is 0 Å². The van der Waals surface area contributed by atoms with Crippen molar-refractivity contribution in [2.24, 2.45) is 13.0 Å². The van der Waals surface area contributed by atoms with Gasteiger partial charge in [-0.3, -0.25) is 4.79 Å². The molecule has 0 N–H and O–H groups in total. The highest BCUT2D eigenvalue weighted by atomic mass is 35.5. The molecular weight excluding hydrogens is 446 g/mol. The summed E-state index contributed by atoms with van der Waals surface area (Å²) in [5.74, 6) is 0.809. The van der Waals surface area contributed by atoms with Crippen LogP contribution in [0.2, 0.25) is 5.02 Å². The van der Waals surface area contributed by atoms with Crippen molar-refractivity contribution in [2.45, 2.75) is 50.6 Å². The molecule has 0 unspecified atom stereocenters. The van der Waals surface area contributed by atoms with Gasteiger partial charge in [-0.1, -0.05) is 11.6 Å². The standard InChI is InChI=1S/C27H30ClN5O/c1-31(25-15-26(34)32(2)24-14-7-20(16-29)30-27(24)25)21-10-12-23(13-11-21)33(17-18-3-4-18)22-8-5-19(28)6-9-22/h5-9,14-15,18,21,23H,3-4,10-13,17H2,1-2H3. The fourth-order valence-electron chi connectivity index (χ4n) is 5.27. The molecule has 3 aromatic rings. The number of rotatable bonds is 6. The second-order valence-corrected chi connectivity index (χ2v) is 10.2. The van der Waals surface area contributed by atoms with Crippen LogP contribution in [0.25, 0.3) is 11.0 Å². The van der Waals surface area contributed by atoms with Crippen LogP contribution in [0.5, 0.6) is 0 Å². The minimum absolute atomic E-state index is 0.0621. The van der Waals surface area contributed by atoms with Gasteiger partial charge in [0.1, 0.15) is 17.3 Å². The van der Waals surface area contributed by atoms with Crippen LogP contribution < -0.4 is 15.4 Å². The van der Waals surface area contributed by atoms with Crippen molar-refractivity contribution in [3.8, 4) is 6.07 Å². The van der Waals surface area contributed by atoms with E-state index in [1.165, 1.54) is 18.5 Å². The van der Waals surface area contributed by atoms with Gasteiger partial charge in [0.05, 0.1) is 11.2 Å². The first-order valence-electron chi connectivity index (χ1n) is 12.1. The summed E-state index contributed by atoms with van der Waals surface area (Å²) in [4.78, 5) is 22.0. The normalized spacial score (nSPS) is 20.2. The van der Waals surface area contributed by atoms with Crippen LogP contribution in [0, 0.1) is 17.2 Å². The average molecular weight is 476 g/mol. The highest BCUT2D eigenvalue weighted by Crippen LogP contribution is 2.37. The highest BCUT2D eigenvalue weighted by molar-refractivity contribution is 6.30. The third-order valence-electron chi connectivity index (χ3n) is 7.53. The molecule has 2 saturated carbocycles. The molecule has 5 rings (SSSR count). The van der Waals surface area contributed by atoms with Crippen LogP contribution in [-0.2, 0) is 7.05 Å². The van der Waals surface area contributed by atoms with Crippen molar-refractivity contribution >= 4 is 34.0 Å². The van der Waals surface area contributed by atoms with Gasteiger partial charge >= 0.3 is 0 Å². The molecule has 2 aliphatic rings. The van der Waals surface area contributed by atoms with E-state index in [-0.39, 0.29) is 5.56 Å². The number of hydrogen-bond acceptors (Lipinski definition) is 5. The first kappa shape index (κ1) is 22.7. The van der Waals surface area contributed by atoms with E-state index in [1.807, 2.05) is 18.2 Å². The second kappa shape index (κ2) is 9.31. The van der Waals surface area contributed by atoms with Crippen LogP contribution in [0.15, 0.2) is 47.3 Å². The monoisotopic (exact) mass is 475 g/mol. The van der Waals surface area contributed by atoms with Gasteiger partial charge in [0.15, 0.2) is 0 Å². The van der Waals surface area contributed by atoms with Gasteiger partial charge in [0.2, 0.25) is 0 Å². The largest absolute Gasteiger partial charge is 0.370 e. The van der Waals surface area contributed by atoms with E-state index in [1.54, 1.807) is 23.7 Å². The predicted octanol–water partition coefficient (Wildman–Crippen LogP) is 5.12. The van der Waals surface area contributed by atoms with Gasteiger partial charge in [-0.25, -0.2) is 4.98 Å². The molecule has 0 saturated heterocycles. The number of nitrogens with zero attached hydrogens (tertiary/aromatic N) is 5. The summed E-state index contributed by atoms with van der Waals surface area (Å²) in [7, 11) is 3.81. The molecule has 0 aliphatic heterocycles. The lowest BCUT2D eigenvalue weighted by Gasteiger charge is -2.41. The molecular formula is C27H30ClN5O. The molecule has 7 heteroatoms. The SMILES string of the molecule is CN(c1cc(=O)n(C)c2ccc(C#N)nc12)C1CCC(N(CC2CC2)c2ccc(Cl)cc2)CC1. The maximum atomic E-state index is 12.7. The minimum atomic E-state index is -0.0621. The summed E-state index contributed by atoms with van der Waals surface area (Å²) in [6.07, 6.45) is 6.95. The third-order valence-corrected chi connectivity index (χ3v) is 7.78. The first-order chi connectivity index (χ1) is 16.4. The number of nitriles is 1. The van der Waals surface area contributed by atoms with Crippen molar-refractivity contribution in [2.75, 3.05) is 23.4 Å². The average Bonchev–Trinajstić information content (AvgIpc) is 3.69. The van der Waals surface area contributed by atoms with E-state index in [0.717, 1.165) is 54.4 Å². The highest BCUT2D eigenvalue weighted by Gasteiger charge is 2.32. The summed E-state index contributed by atoms with van der Waals surface area (Å²) in [5, 5.41) is 10.1. The van der Waals surface area contributed by atoms with Gasteiger partial charge in [0.25, 0.3) is 5.56 Å². The van der Waals surface area contributed by atoms with Crippen molar-refractivity contribution in [3.05, 3.63) is 63.5 Å². The van der Waals surface area contributed by atoms with Crippen molar-refractivity contribution in [1.29, 1.82) is 5.26 Å². The zero-order valence-corrected chi connectivity index (χ0v) is 20.5. The molecule has 0 bridgehead atoms. The number of hydrogen-bond donors (Lipinski definition) is 0. The van der Waals surface area contributed by atoms with Crippen LogP contribution in [-0.4, -0.2) is 35.2 Å². The van der Waals surface area contributed by atoms with Gasteiger partial charge in [-0.05, 0) is 80.8 Å². The molecule has 176 valence electrons. The Morgan fingerprint density at radius 2 is 1.74 bits per heavy atom. The smallest absolute Gasteiger partial charge is 0.252 e. The molecule has 2 aliphatic carbocycles. The summed E-state index contributed by atoms with van der Waals surface area (Å²) in [6, 6.07) is 16.4. The fourth-order valence-corrected chi connectivity index (χ4v) is 5.40. The molecule has 34 heavy (non-hydrogen) atoms. The van der Waals surface area contributed by atoms with E-state index >= 15 is 0 Å². The Morgan fingerprint density at radius 1 is 1.06 bits per heavy atom. The molecule has 0 spiro atoms. The molecule has 2 fully saturated rings. The Morgan fingerprint density at radius 3 is 2.38 bits per heavy atom. The number of aryl methyl sites for hydroxylation is 1. The number of aromatic nitrogens is 2. The Kier molecular flexibility index (Phi) is 6.22. The second-order valence-electron chi connectivity index (χ2n) is 9.75. The zero-order valence-electron chi connectivity index (χ0n) is 19.7. The van der Waals surface area contributed by atoms with E-state index in [9.17, 15) is 10.1 Å². The minimum Gasteiger partial charge on any atom is -0.370 e. The molecule has 0 amide bonds. The van der Waals surface area contributed by atoms with Gasteiger partial charge in [0, 0.05) is 49.5 Å². The number of halogens is 1. The van der Waals surface area contributed by atoms with Gasteiger partial charge in [-0.15, -0.1) is 0 Å². The van der Waals surface area contributed by atoms with Crippen LogP contribution in [0.1, 0.15) is 44.2 Å². The summed E-state index contributed by atoms with van der Waals surface area (Å²) in [5.41, 5.74) is 3.84. The Bertz CT molecular complexity index is 1280. The molecule has 2 heterocycles. The van der Waals surface area contributed by atoms with E-state index in [0.29, 0.717) is 23.3 Å². The number of benzene rings is 1. The van der Waals surface area contributed by atoms with Gasteiger partial charge in [-0.2, -0.15) is 5.26 Å². The van der Waals surface area contributed by atoms with Crippen LogP contribution >= 0.6 is 11.6 Å². The molecule has 0 radical (unpaired) electrons. The number of anilines is 2. The van der Waals surface area contributed by atoms with Crippen molar-refractivity contribution in [1.82, 2.24) is 9.55 Å². The van der Waals surface area contributed by atoms with Crippen molar-refractivity contribution in [3.63, 3.8) is 0 Å². The lowest BCUT2D eigenvalue weighted by molar-refractivity contribution is 0.365. The summed E-state index contributed by atoms with van der Waals surface area (Å²) < 4.78 is 1.60. The predicted molar refractivity (Wildman–Crippen MR) is 138 cm³/mol. The van der Waals surface area contributed by atoms with E-state index in [4.69, 9.17) is 11.6 Å². The van der Waals surface area contributed by atoms with Crippen LogP contribution in [0.3, 0.4) is 0 Å². The topological polar surface area (TPSA) is 65.2 Å². The van der Waals surface area contributed by atoms with Crippen LogP contribution in [0.4, 0.5) is 11.4 Å². The Labute approximate surface area is 205 Å². The third kappa shape index (κ3) is 4.50. The van der Waals surface area contributed by atoms with Crippen molar-refractivity contribution < 1.29 is 0 Å². The zero-order chi connectivity index (χ0) is 23.8. The first-order valence-corrected chi connectivity index (χ1v) is 12.5. The quantitative estimate of drug-likeness (QED) is 0.495. The summed E-state index contributed by atoms with van der Waals surface area (Å²) in [6.45, 7) is 1.12. The molecule has 1 aromatic carbocycles. The van der Waals surface area contributed by atoms with E-state index in [2.05, 4.69) is 40.0 Å². The maximum Gasteiger partial charge on any atom is 0.252 e. The number of fused-ring (bicyclic) bond motifs is 1. The molecule has 6 nitrogen and oxygen atoms in total. The summed E-state index contributed by atoms with van der Waals surface area (Å²) >= 11 is 6.14. The fraction of sp³-hybridized carbons (Fsp3) is 0.444. The lowest BCUT2D eigenvalue weighted by atomic mass is 9.88. The lowest BCUT2D eigenvalue weighted by Crippen LogP contribution is -2.44. The van der Waals surface area contributed by atoms with Gasteiger partial charge < -0.3 is 14.4 Å². The number of pyridine rings is 2.